The molecule has 2 N–H and O–H groups in total. The standard InChI is InChI=1S/C22H31N5O2/c1-3-23-22(25-12-10-18-7-4-5-9-20(18)28-2)26-17-19-8-6-11-24-21(19)27-13-15-29-16-14-27/h4-9,11H,3,10,12-17H2,1-2H3,(H2,23,25,26). The van der Waals surface area contributed by atoms with Crippen molar-refractivity contribution < 1.29 is 9.47 Å². The predicted octanol–water partition coefficient (Wildman–Crippen LogP) is 2.22. The van der Waals surface area contributed by atoms with Crippen LogP contribution in [0.4, 0.5) is 5.82 Å². The highest BCUT2D eigenvalue weighted by Gasteiger charge is 2.15. The molecule has 156 valence electrons. The van der Waals surface area contributed by atoms with Gasteiger partial charge >= 0.3 is 0 Å². The lowest BCUT2D eigenvalue weighted by Crippen LogP contribution is -2.38. The van der Waals surface area contributed by atoms with Crippen molar-refractivity contribution in [2.24, 2.45) is 4.99 Å². The van der Waals surface area contributed by atoms with Crippen molar-refractivity contribution in [1.29, 1.82) is 0 Å². The first-order valence-electron chi connectivity index (χ1n) is 10.2. The summed E-state index contributed by atoms with van der Waals surface area (Å²) < 4.78 is 10.9. The molecule has 7 nitrogen and oxygen atoms in total. The first kappa shape index (κ1) is 20.9. The number of anilines is 1. The summed E-state index contributed by atoms with van der Waals surface area (Å²) in [7, 11) is 1.71. The largest absolute Gasteiger partial charge is 0.496 e. The van der Waals surface area contributed by atoms with Gasteiger partial charge in [-0.1, -0.05) is 24.3 Å². The number of hydrogen-bond acceptors (Lipinski definition) is 5. The minimum absolute atomic E-state index is 0.574. The fraction of sp³-hybridized carbons (Fsp3) is 0.455. The quantitative estimate of drug-likeness (QED) is 0.526. The summed E-state index contributed by atoms with van der Waals surface area (Å²) >= 11 is 0. The number of nitrogens with zero attached hydrogens (tertiary/aromatic N) is 3. The minimum atomic E-state index is 0.574. The summed E-state index contributed by atoms with van der Waals surface area (Å²) in [4.78, 5) is 11.6. The number of rotatable bonds is 8. The maximum atomic E-state index is 5.46. The zero-order chi connectivity index (χ0) is 20.3. The second-order valence-electron chi connectivity index (χ2n) is 6.77. The van der Waals surface area contributed by atoms with Gasteiger partial charge in [0.05, 0.1) is 26.9 Å². The van der Waals surface area contributed by atoms with E-state index >= 15 is 0 Å². The molecule has 1 aromatic heterocycles. The Morgan fingerprint density at radius 2 is 1.93 bits per heavy atom. The van der Waals surface area contributed by atoms with E-state index in [1.807, 2.05) is 30.5 Å². The fourth-order valence-corrected chi connectivity index (χ4v) is 3.34. The molecule has 2 heterocycles. The van der Waals surface area contributed by atoms with Crippen LogP contribution in [0, 0.1) is 0 Å². The molecule has 1 saturated heterocycles. The Kier molecular flexibility index (Phi) is 8.12. The predicted molar refractivity (Wildman–Crippen MR) is 117 cm³/mol. The molecule has 0 amide bonds. The number of ether oxygens (including phenoxy) is 2. The number of morpholine rings is 1. The molecule has 0 bridgehead atoms. The Labute approximate surface area is 173 Å². The number of pyridine rings is 1. The van der Waals surface area contributed by atoms with Crippen molar-refractivity contribution in [3.05, 3.63) is 53.7 Å². The third-order valence-corrected chi connectivity index (χ3v) is 4.81. The highest BCUT2D eigenvalue weighted by Crippen LogP contribution is 2.19. The van der Waals surface area contributed by atoms with Gasteiger partial charge in [0.15, 0.2) is 5.96 Å². The van der Waals surface area contributed by atoms with E-state index in [2.05, 4.69) is 39.6 Å². The van der Waals surface area contributed by atoms with E-state index < -0.39 is 0 Å². The minimum Gasteiger partial charge on any atom is -0.496 e. The SMILES string of the molecule is CCNC(=NCc1cccnc1N1CCOCC1)NCCc1ccccc1OC. The summed E-state index contributed by atoms with van der Waals surface area (Å²) in [6.07, 6.45) is 2.70. The van der Waals surface area contributed by atoms with Crippen molar-refractivity contribution in [3.63, 3.8) is 0 Å². The first-order valence-corrected chi connectivity index (χ1v) is 10.2. The van der Waals surface area contributed by atoms with Crippen molar-refractivity contribution in [2.75, 3.05) is 51.4 Å². The molecule has 0 saturated carbocycles. The zero-order valence-electron chi connectivity index (χ0n) is 17.4. The van der Waals surface area contributed by atoms with E-state index in [1.165, 1.54) is 5.56 Å². The Morgan fingerprint density at radius 3 is 2.72 bits per heavy atom. The lowest BCUT2D eigenvalue weighted by molar-refractivity contribution is 0.122. The van der Waals surface area contributed by atoms with Crippen LogP contribution in [0.15, 0.2) is 47.6 Å². The van der Waals surface area contributed by atoms with Crippen molar-refractivity contribution >= 4 is 11.8 Å². The van der Waals surface area contributed by atoms with E-state index in [-0.39, 0.29) is 0 Å². The average Bonchev–Trinajstić information content (AvgIpc) is 2.78. The van der Waals surface area contributed by atoms with Gasteiger partial charge in [-0.3, -0.25) is 0 Å². The van der Waals surface area contributed by atoms with E-state index in [9.17, 15) is 0 Å². The van der Waals surface area contributed by atoms with E-state index in [1.54, 1.807) is 7.11 Å². The maximum absolute atomic E-state index is 5.46. The van der Waals surface area contributed by atoms with Crippen LogP contribution in [0.5, 0.6) is 5.75 Å². The first-order chi connectivity index (χ1) is 14.3. The molecule has 0 spiro atoms. The number of hydrogen-bond donors (Lipinski definition) is 2. The molecule has 0 atom stereocenters. The molecule has 0 unspecified atom stereocenters. The molecule has 1 aliphatic heterocycles. The number of para-hydroxylation sites is 1. The normalized spacial score (nSPS) is 14.6. The Hall–Kier alpha value is -2.80. The topological polar surface area (TPSA) is 71.0 Å². The average molecular weight is 398 g/mol. The van der Waals surface area contributed by atoms with Crippen LogP contribution < -0.4 is 20.3 Å². The van der Waals surface area contributed by atoms with Crippen LogP contribution >= 0.6 is 0 Å². The molecular weight excluding hydrogens is 366 g/mol. The summed E-state index contributed by atoms with van der Waals surface area (Å²) in [5, 5.41) is 6.74. The van der Waals surface area contributed by atoms with Gasteiger partial charge in [0.2, 0.25) is 0 Å². The Bertz CT molecular complexity index is 790. The summed E-state index contributed by atoms with van der Waals surface area (Å²) in [5.41, 5.74) is 2.30. The molecule has 1 aliphatic rings. The number of aliphatic imine (C=N–C) groups is 1. The van der Waals surface area contributed by atoms with Gasteiger partial charge in [-0.25, -0.2) is 9.98 Å². The fourth-order valence-electron chi connectivity index (χ4n) is 3.34. The van der Waals surface area contributed by atoms with Gasteiger partial charge in [0.25, 0.3) is 0 Å². The van der Waals surface area contributed by atoms with Gasteiger partial charge in [-0.2, -0.15) is 0 Å². The van der Waals surface area contributed by atoms with Crippen LogP contribution in [0.1, 0.15) is 18.1 Å². The van der Waals surface area contributed by atoms with Crippen LogP contribution in [-0.2, 0) is 17.7 Å². The van der Waals surface area contributed by atoms with Crippen LogP contribution in [-0.4, -0.2) is 57.4 Å². The number of benzene rings is 1. The summed E-state index contributed by atoms with van der Waals surface area (Å²) in [6.45, 7) is 7.44. The second-order valence-corrected chi connectivity index (χ2v) is 6.77. The molecule has 7 heteroatoms. The lowest BCUT2D eigenvalue weighted by Gasteiger charge is -2.29. The second kappa shape index (κ2) is 11.3. The lowest BCUT2D eigenvalue weighted by atomic mass is 10.1. The summed E-state index contributed by atoms with van der Waals surface area (Å²) in [5.74, 6) is 2.73. The number of nitrogens with one attached hydrogen (secondary N) is 2. The summed E-state index contributed by atoms with van der Waals surface area (Å²) in [6, 6.07) is 12.2. The molecule has 3 rings (SSSR count). The maximum Gasteiger partial charge on any atom is 0.191 e. The Morgan fingerprint density at radius 1 is 1.14 bits per heavy atom. The molecule has 29 heavy (non-hydrogen) atoms. The number of guanidine groups is 1. The molecule has 1 aromatic carbocycles. The zero-order valence-corrected chi connectivity index (χ0v) is 17.4. The van der Waals surface area contributed by atoms with Gasteiger partial charge in [0, 0.05) is 37.9 Å². The molecular formula is C22H31N5O2. The molecule has 0 aliphatic carbocycles. The third kappa shape index (κ3) is 6.09. The van der Waals surface area contributed by atoms with Crippen molar-refractivity contribution in [3.8, 4) is 5.75 Å². The van der Waals surface area contributed by atoms with Crippen LogP contribution in [0.2, 0.25) is 0 Å². The number of aromatic nitrogens is 1. The Balaban J connectivity index is 1.62. The monoisotopic (exact) mass is 397 g/mol. The van der Waals surface area contributed by atoms with Gasteiger partial charge in [-0.15, -0.1) is 0 Å². The van der Waals surface area contributed by atoms with E-state index in [4.69, 9.17) is 14.5 Å². The third-order valence-electron chi connectivity index (χ3n) is 4.81. The van der Waals surface area contributed by atoms with Crippen molar-refractivity contribution in [2.45, 2.75) is 19.9 Å². The van der Waals surface area contributed by atoms with Gasteiger partial charge in [-0.05, 0) is 31.0 Å². The van der Waals surface area contributed by atoms with Crippen LogP contribution in [0.3, 0.4) is 0 Å². The van der Waals surface area contributed by atoms with Gasteiger partial charge in [0.1, 0.15) is 11.6 Å². The molecule has 1 fully saturated rings. The highest BCUT2D eigenvalue weighted by molar-refractivity contribution is 5.79. The smallest absolute Gasteiger partial charge is 0.191 e. The molecule has 0 radical (unpaired) electrons. The van der Waals surface area contributed by atoms with E-state index in [0.717, 1.165) is 68.9 Å². The highest BCUT2D eigenvalue weighted by atomic mass is 16.5. The van der Waals surface area contributed by atoms with Crippen molar-refractivity contribution in [1.82, 2.24) is 15.6 Å². The van der Waals surface area contributed by atoms with Gasteiger partial charge < -0.3 is 25.0 Å². The van der Waals surface area contributed by atoms with E-state index in [0.29, 0.717) is 6.54 Å². The molecule has 2 aromatic rings. The number of methoxy groups -OCH3 is 1. The van der Waals surface area contributed by atoms with Crippen LogP contribution in [0.25, 0.3) is 0 Å².